The molecule has 1 aliphatic heterocycles. The first kappa shape index (κ1) is 26.3. The van der Waals surface area contributed by atoms with Crippen LogP contribution in [0.3, 0.4) is 0 Å². The quantitative estimate of drug-likeness (QED) is 0.392. The molecular formula is C28H39ClN2O3. The number of benzene rings is 1. The van der Waals surface area contributed by atoms with Crippen molar-refractivity contribution < 1.29 is 14.7 Å². The minimum Gasteiger partial charge on any atom is -0.478 e. The van der Waals surface area contributed by atoms with Gasteiger partial charge in [-0.15, -0.1) is 0 Å². The zero-order valence-corrected chi connectivity index (χ0v) is 22.0. The number of urea groups is 1. The number of carboxylic acids is 1. The van der Waals surface area contributed by atoms with E-state index in [0.29, 0.717) is 11.8 Å². The van der Waals surface area contributed by atoms with Crippen LogP contribution in [-0.4, -0.2) is 28.6 Å². The van der Waals surface area contributed by atoms with Crippen LogP contribution in [0.25, 0.3) is 0 Å². The molecule has 0 aromatic heterocycles. The van der Waals surface area contributed by atoms with E-state index in [9.17, 15) is 9.59 Å². The van der Waals surface area contributed by atoms with Crippen molar-refractivity contribution in [3.05, 3.63) is 58.3 Å². The van der Waals surface area contributed by atoms with Crippen molar-refractivity contribution in [3.8, 4) is 0 Å². The standard InChI is InChI=1S/C28H39ClN2O3/c1-18(2)21-10-13-28(22-8-7-20(24(29)16-22)9-12-27(4,5)6)23(15-21)17-31(26(34)30-28)14-11-19(3)25(32)33/h7-8,16-18,21H,3,9-15H2,1-2,4-6H3,(H,30,34)(H,32,33)/t21?,28-/m1/s1. The summed E-state index contributed by atoms with van der Waals surface area (Å²) in [6.07, 6.45) is 6.87. The van der Waals surface area contributed by atoms with Crippen molar-refractivity contribution in [2.24, 2.45) is 17.3 Å². The van der Waals surface area contributed by atoms with E-state index in [2.05, 4.69) is 58.6 Å². The number of carbonyl (C=O) groups is 2. The van der Waals surface area contributed by atoms with Crippen molar-refractivity contribution in [2.45, 2.75) is 78.7 Å². The van der Waals surface area contributed by atoms with Gasteiger partial charge in [0.2, 0.25) is 0 Å². The molecule has 2 N–H and O–H groups in total. The maximum atomic E-state index is 13.2. The van der Waals surface area contributed by atoms with Crippen LogP contribution < -0.4 is 5.32 Å². The van der Waals surface area contributed by atoms with Crippen molar-refractivity contribution in [3.63, 3.8) is 0 Å². The van der Waals surface area contributed by atoms with Gasteiger partial charge < -0.3 is 15.3 Å². The number of halogens is 1. The fourth-order valence-corrected chi connectivity index (χ4v) is 5.23. The molecule has 0 saturated heterocycles. The Balaban J connectivity index is 1.93. The second kappa shape index (κ2) is 10.2. The SMILES string of the molecule is C=C(CCN1C=C2CC(C(C)C)CC[C@]2(c2ccc(CCC(C)(C)C)c(Cl)c2)NC1=O)C(=O)O. The molecule has 6 heteroatoms. The molecular weight excluding hydrogens is 448 g/mol. The van der Waals surface area contributed by atoms with E-state index in [1.165, 1.54) is 0 Å². The molecule has 0 spiro atoms. The highest BCUT2D eigenvalue weighted by atomic mass is 35.5. The third kappa shape index (κ3) is 5.86. The van der Waals surface area contributed by atoms with Gasteiger partial charge in [0, 0.05) is 23.3 Å². The van der Waals surface area contributed by atoms with Crippen molar-refractivity contribution >= 4 is 23.6 Å². The maximum absolute atomic E-state index is 13.2. The van der Waals surface area contributed by atoms with Gasteiger partial charge in [-0.3, -0.25) is 0 Å². The molecule has 186 valence electrons. The molecule has 0 radical (unpaired) electrons. The fraction of sp³-hybridized carbons (Fsp3) is 0.571. The van der Waals surface area contributed by atoms with Crippen LogP contribution in [0, 0.1) is 17.3 Å². The molecule has 1 unspecified atom stereocenters. The second-order valence-electron chi connectivity index (χ2n) is 11.5. The van der Waals surface area contributed by atoms with Crippen LogP contribution >= 0.6 is 11.6 Å². The number of aliphatic carboxylic acids is 1. The van der Waals surface area contributed by atoms with E-state index in [0.717, 1.165) is 53.8 Å². The summed E-state index contributed by atoms with van der Waals surface area (Å²) in [5.41, 5.74) is 3.08. The Bertz CT molecular complexity index is 992. The number of carboxylic acid groups (broad SMARTS) is 1. The summed E-state index contributed by atoms with van der Waals surface area (Å²) < 4.78 is 0. The van der Waals surface area contributed by atoms with Crippen molar-refractivity contribution in [1.82, 2.24) is 10.2 Å². The Morgan fingerprint density at radius 3 is 2.65 bits per heavy atom. The summed E-state index contributed by atoms with van der Waals surface area (Å²) in [5.74, 6) is 0.0463. The van der Waals surface area contributed by atoms with Gasteiger partial charge in [0.15, 0.2) is 0 Å². The maximum Gasteiger partial charge on any atom is 0.331 e. The smallest absolute Gasteiger partial charge is 0.331 e. The largest absolute Gasteiger partial charge is 0.478 e. The predicted molar refractivity (Wildman–Crippen MR) is 138 cm³/mol. The summed E-state index contributed by atoms with van der Waals surface area (Å²) in [7, 11) is 0. The molecule has 5 nitrogen and oxygen atoms in total. The molecule has 3 rings (SSSR count). The van der Waals surface area contributed by atoms with Gasteiger partial charge in [0.1, 0.15) is 0 Å². The third-order valence-corrected chi connectivity index (χ3v) is 7.76. The Morgan fingerprint density at radius 1 is 1.35 bits per heavy atom. The summed E-state index contributed by atoms with van der Waals surface area (Å²) in [6.45, 7) is 15.1. The van der Waals surface area contributed by atoms with Gasteiger partial charge in [0.25, 0.3) is 0 Å². The number of hydrogen-bond acceptors (Lipinski definition) is 2. The Kier molecular flexibility index (Phi) is 7.86. The van der Waals surface area contributed by atoms with E-state index in [1.807, 2.05) is 12.3 Å². The summed E-state index contributed by atoms with van der Waals surface area (Å²) in [6, 6.07) is 6.05. The summed E-state index contributed by atoms with van der Waals surface area (Å²) in [4.78, 5) is 25.9. The highest BCUT2D eigenvalue weighted by molar-refractivity contribution is 6.31. The lowest BCUT2D eigenvalue weighted by molar-refractivity contribution is -0.132. The molecule has 1 aliphatic carbocycles. The van der Waals surface area contributed by atoms with E-state index in [-0.39, 0.29) is 30.0 Å². The monoisotopic (exact) mass is 486 g/mol. The molecule has 1 aromatic rings. The summed E-state index contributed by atoms with van der Waals surface area (Å²) >= 11 is 6.76. The van der Waals surface area contributed by atoms with Crippen LogP contribution in [0.2, 0.25) is 5.02 Å². The van der Waals surface area contributed by atoms with Gasteiger partial charge in [-0.1, -0.05) is 64.9 Å². The Hall–Kier alpha value is -2.27. The number of nitrogens with zero attached hydrogens (tertiary/aromatic N) is 1. The van der Waals surface area contributed by atoms with Gasteiger partial charge in [-0.25, -0.2) is 9.59 Å². The van der Waals surface area contributed by atoms with Gasteiger partial charge >= 0.3 is 12.0 Å². The lowest BCUT2D eigenvalue weighted by atomic mass is 9.66. The minimum atomic E-state index is -1.03. The lowest BCUT2D eigenvalue weighted by Crippen LogP contribution is -2.57. The van der Waals surface area contributed by atoms with Crippen LogP contribution in [0.1, 0.15) is 77.8 Å². The van der Waals surface area contributed by atoms with E-state index >= 15 is 0 Å². The van der Waals surface area contributed by atoms with E-state index in [1.54, 1.807) is 4.90 Å². The first-order chi connectivity index (χ1) is 15.8. The number of hydrogen-bond donors (Lipinski definition) is 2. The zero-order chi connectivity index (χ0) is 25.3. The van der Waals surface area contributed by atoms with Crippen molar-refractivity contribution in [2.75, 3.05) is 6.54 Å². The number of carbonyl (C=O) groups excluding carboxylic acids is 1. The van der Waals surface area contributed by atoms with Gasteiger partial charge in [0.05, 0.1) is 5.54 Å². The van der Waals surface area contributed by atoms with Gasteiger partial charge in [-0.2, -0.15) is 0 Å². The molecule has 0 bridgehead atoms. The van der Waals surface area contributed by atoms with E-state index in [4.69, 9.17) is 16.7 Å². The van der Waals surface area contributed by atoms with Gasteiger partial charge in [-0.05, 0) is 78.5 Å². The highest BCUT2D eigenvalue weighted by Crippen LogP contribution is 2.48. The minimum absolute atomic E-state index is 0.101. The molecule has 1 aromatic carbocycles. The first-order valence-electron chi connectivity index (χ1n) is 12.3. The number of nitrogens with one attached hydrogen (secondary N) is 1. The third-order valence-electron chi connectivity index (χ3n) is 7.40. The molecule has 34 heavy (non-hydrogen) atoms. The Labute approximate surface area is 209 Å². The second-order valence-corrected chi connectivity index (χ2v) is 11.9. The lowest BCUT2D eigenvalue weighted by Gasteiger charge is -2.48. The highest BCUT2D eigenvalue weighted by Gasteiger charge is 2.46. The number of fused-ring (bicyclic) bond motifs is 1. The molecule has 2 atom stereocenters. The first-order valence-corrected chi connectivity index (χ1v) is 12.7. The number of rotatable bonds is 8. The van der Waals surface area contributed by atoms with Crippen LogP contribution in [0.15, 0.2) is 42.1 Å². The van der Waals surface area contributed by atoms with E-state index < -0.39 is 11.5 Å². The molecule has 2 aliphatic rings. The molecule has 1 saturated carbocycles. The number of amides is 2. The fourth-order valence-electron chi connectivity index (χ4n) is 4.95. The zero-order valence-electron chi connectivity index (χ0n) is 21.2. The number of aryl methyl sites for hydroxylation is 1. The summed E-state index contributed by atoms with van der Waals surface area (Å²) in [5, 5.41) is 13.2. The average molecular weight is 487 g/mol. The predicted octanol–water partition coefficient (Wildman–Crippen LogP) is 6.91. The van der Waals surface area contributed by atoms with Crippen molar-refractivity contribution in [1.29, 1.82) is 0 Å². The molecule has 2 amide bonds. The van der Waals surface area contributed by atoms with Crippen LogP contribution in [0.5, 0.6) is 0 Å². The Morgan fingerprint density at radius 2 is 2.06 bits per heavy atom. The average Bonchev–Trinajstić information content (AvgIpc) is 2.75. The van der Waals surface area contributed by atoms with Crippen LogP contribution in [0.4, 0.5) is 4.79 Å². The molecule has 1 heterocycles. The van der Waals surface area contributed by atoms with Crippen LogP contribution in [-0.2, 0) is 16.8 Å². The molecule has 1 fully saturated rings. The topological polar surface area (TPSA) is 69.6 Å². The normalized spacial score (nSPS) is 22.8.